The van der Waals surface area contributed by atoms with E-state index in [1.54, 1.807) is 22.7 Å². The van der Waals surface area contributed by atoms with Crippen LogP contribution in [-0.4, -0.2) is 48.1 Å². The van der Waals surface area contributed by atoms with Crippen LogP contribution in [0.5, 0.6) is 0 Å². The van der Waals surface area contributed by atoms with Gasteiger partial charge in [0.25, 0.3) is 0 Å². The molecule has 3 aliphatic rings. The van der Waals surface area contributed by atoms with Crippen molar-refractivity contribution >= 4 is 43.8 Å². The molecule has 0 radical (unpaired) electrons. The molecule has 2 aliphatic heterocycles. The zero-order valence-corrected chi connectivity index (χ0v) is 20.5. The molecule has 5 heterocycles. The number of hydrogen-bond acceptors (Lipinski definition) is 8. The highest BCUT2D eigenvalue weighted by Gasteiger charge is 2.37. The second-order valence-corrected chi connectivity index (χ2v) is 11.6. The van der Waals surface area contributed by atoms with E-state index in [4.69, 9.17) is 4.98 Å². The Labute approximate surface area is 201 Å². The second-order valence-electron chi connectivity index (χ2n) is 9.54. The minimum absolute atomic E-state index is 0.0746. The van der Waals surface area contributed by atoms with Crippen LogP contribution < -0.4 is 21.3 Å². The van der Waals surface area contributed by atoms with E-state index in [2.05, 4.69) is 33.2 Å². The van der Waals surface area contributed by atoms with E-state index < -0.39 is 0 Å². The molecule has 174 valence electrons. The first-order valence-electron chi connectivity index (χ1n) is 12.0. The summed E-state index contributed by atoms with van der Waals surface area (Å²) >= 11 is 3.38. The van der Waals surface area contributed by atoms with Crippen molar-refractivity contribution in [3.8, 4) is 10.6 Å². The maximum Gasteiger partial charge on any atom is 0.226 e. The average Bonchev–Trinajstić information content (AvgIpc) is 3.55. The summed E-state index contributed by atoms with van der Waals surface area (Å²) in [5.41, 5.74) is 3.36. The zero-order valence-electron chi connectivity index (χ0n) is 18.8. The number of pyridine rings is 1. The molecule has 2 fully saturated rings. The Morgan fingerprint density at radius 1 is 1.24 bits per heavy atom. The number of carbonyl (C=O) groups is 1. The fraction of sp³-hybridized carbons (Fsp3) is 0.542. The van der Waals surface area contributed by atoms with Gasteiger partial charge in [-0.25, -0.2) is 4.98 Å². The van der Waals surface area contributed by atoms with Crippen LogP contribution in [0.1, 0.15) is 42.7 Å². The Bertz CT molecular complexity index is 1130. The molecule has 2 unspecified atom stereocenters. The van der Waals surface area contributed by atoms with Crippen molar-refractivity contribution in [1.82, 2.24) is 25.9 Å². The lowest BCUT2D eigenvalue weighted by Crippen LogP contribution is -2.31. The van der Waals surface area contributed by atoms with Gasteiger partial charge in [-0.1, -0.05) is 0 Å². The van der Waals surface area contributed by atoms with Crippen molar-refractivity contribution in [2.24, 2.45) is 11.8 Å². The number of rotatable bonds is 6. The molecule has 0 bridgehead atoms. The van der Waals surface area contributed by atoms with Gasteiger partial charge in [-0.15, -0.1) is 22.7 Å². The fourth-order valence-corrected chi connectivity index (χ4v) is 8.07. The first kappa shape index (κ1) is 21.6. The van der Waals surface area contributed by atoms with Crippen molar-refractivity contribution in [3.05, 3.63) is 28.9 Å². The molecule has 33 heavy (non-hydrogen) atoms. The first-order valence-corrected chi connectivity index (χ1v) is 13.6. The molecule has 0 spiro atoms. The minimum atomic E-state index is 0.0746. The summed E-state index contributed by atoms with van der Waals surface area (Å²) < 4.78 is 1.12. The largest absolute Gasteiger partial charge is 0.317 e. The number of thiazole rings is 1. The lowest BCUT2D eigenvalue weighted by Gasteiger charge is -2.20. The van der Waals surface area contributed by atoms with Crippen molar-refractivity contribution < 1.29 is 4.79 Å². The molecule has 1 saturated carbocycles. The fourth-order valence-electron chi connectivity index (χ4n) is 5.70. The predicted octanol–water partition coefficient (Wildman–Crippen LogP) is 3.54. The Morgan fingerprint density at radius 3 is 2.91 bits per heavy atom. The van der Waals surface area contributed by atoms with Crippen LogP contribution in [0.3, 0.4) is 0 Å². The van der Waals surface area contributed by atoms with E-state index in [0.717, 1.165) is 70.2 Å². The topological polar surface area (TPSA) is 91.0 Å². The maximum atomic E-state index is 12.9. The van der Waals surface area contributed by atoms with Crippen LogP contribution in [0.4, 0.5) is 5.00 Å². The van der Waals surface area contributed by atoms with E-state index >= 15 is 0 Å². The summed E-state index contributed by atoms with van der Waals surface area (Å²) in [4.78, 5) is 23.3. The van der Waals surface area contributed by atoms with Gasteiger partial charge in [0.2, 0.25) is 5.91 Å². The van der Waals surface area contributed by atoms with Crippen molar-refractivity contribution in [1.29, 1.82) is 0 Å². The molecule has 1 saturated heterocycles. The van der Waals surface area contributed by atoms with Gasteiger partial charge in [0.15, 0.2) is 0 Å². The van der Waals surface area contributed by atoms with Gasteiger partial charge in [-0.3, -0.25) is 9.78 Å². The highest BCUT2D eigenvalue weighted by molar-refractivity contribution is 7.23. The van der Waals surface area contributed by atoms with Crippen molar-refractivity contribution in [3.63, 3.8) is 0 Å². The standard InChI is InChI=1S/C24H30N6OS2/c1-13-22-17(2-6-27-13)21(23-29-18-12-25-5-3-19(18)32-23)24(33-22)30-20(31)4-7-28-16-8-14-10-26-11-15(14)9-16/h3,5,12-16,26-28H,2,4,6-11H2,1H3,(H,30,31)/t13-,14?,15?,16?/m1/s1. The summed E-state index contributed by atoms with van der Waals surface area (Å²) in [7, 11) is 0. The van der Waals surface area contributed by atoms with Gasteiger partial charge in [0, 0.05) is 41.7 Å². The van der Waals surface area contributed by atoms with E-state index in [1.165, 1.54) is 23.3 Å². The summed E-state index contributed by atoms with van der Waals surface area (Å²) in [6.07, 6.45) is 7.54. The first-order chi connectivity index (χ1) is 16.2. The number of nitrogens with zero attached hydrogens (tertiary/aromatic N) is 2. The molecule has 6 rings (SSSR count). The van der Waals surface area contributed by atoms with E-state index in [-0.39, 0.29) is 11.9 Å². The third-order valence-corrected chi connectivity index (χ3v) is 9.74. The smallest absolute Gasteiger partial charge is 0.226 e. The Kier molecular flexibility index (Phi) is 5.92. The number of amides is 1. The lowest BCUT2D eigenvalue weighted by atomic mass is 10.0. The van der Waals surface area contributed by atoms with Crippen LogP contribution in [0.25, 0.3) is 20.8 Å². The van der Waals surface area contributed by atoms with Crippen molar-refractivity contribution in [2.75, 3.05) is 31.5 Å². The number of hydrogen-bond donors (Lipinski definition) is 4. The van der Waals surface area contributed by atoms with Crippen LogP contribution >= 0.6 is 22.7 Å². The number of aromatic nitrogens is 2. The maximum absolute atomic E-state index is 12.9. The van der Waals surface area contributed by atoms with Crippen LogP contribution in [-0.2, 0) is 11.2 Å². The van der Waals surface area contributed by atoms with Crippen LogP contribution in [0, 0.1) is 11.8 Å². The number of fused-ring (bicyclic) bond motifs is 3. The summed E-state index contributed by atoms with van der Waals surface area (Å²) in [5.74, 6) is 1.71. The normalized spacial score (nSPS) is 26.5. The highest BCUT2D eigenvalue weighted by atomic mass is 32.1. The molecule has 4 N–H and O–H groups in total. The van der Waals surface area contributed by atoms with E-state index in [1.807, 2.05) is 18.5 Å². The van der Waals surface area contributed by atoms with Crippen LogP contribution in [0.15, 0.2) is 18.5 Å². The molecule has 1 amide bonds. The molecular formula is C24H30N6OS2. The van der Waals surface area contributed by atoms with Gasteiger partial charge in [-0.2, -0.15) is 0 Å². The SMILES string of the molecule is C[C@H]1NCCc2c1sc(NC(=O)CCNC1CC3CNCC3C1)c2-c1nc2cnccc2s1. The van der Waals surface area contributed by atoms with Crippen molar-refractivity contribution in [2.45, 2.75) is 44.7 Å². The van der Waals surface area contributed by atoms with Crippen LogP contribution in [0.2, 0.25) is 0 Å². The van der Waals surface area contributed by atoms with Gasteiger partial charge in [0.05, 0.1) is 10.9 Å². The molecule has 0 aromatic carbocycles. The van der Waals surface area contributed by atoms with Gasteiger partial charge in [-0.05, 0) is 69.3 Å². The van der Waals surface area contributed by atoms with Gasteiger partial charge >= 0.3 is 0 Å². The summed E-state index contributed by atoms with van der Waals surface area (Å²) in [5, 5.41) is 15.8. The molecule has 3 aromatic rings. The number of nitrogens with one attached hydrogen (secondary N) is 4. The zero-order chi connectivity index (χ0) is 22.4. The number of thiophene rings is 1. The quantitative estimate of drug-likeness (QED) is 0.430. The molecule has 3 atom stereocenters. The highest BCUT2D eigenvalue weighted by Crippen LogP contribution is 2.46. The third-order valence-electron chi connectivity index (χ3n) is 7.35. The lowest BCUT2D eigenvalue weighted by molar-refractivity contribution is -0.116. The average molecular weight is 483 g/mol. The van der Waals surface area contributed by atoms with E-state index in [0.29, 0.717) is 12.5 Å². The van der Waals surface area contributed by atoms with Gasteiger partial charge < -0.3 is 21.3 Å². The van der Waals surface area contributed by atoms with E-state index in [9.17, 15) is 4.79 Å². The molecule has 1 aliphatic carbocycles. The number of carbonyl (C=O) groups excluding carboxylic acids is 1. The molecule has 7 nitrogen and oxygen atoms in total. The minimum Gasteiger partial charge on any atom is -0.317 e. The Balaban J connectivity index is 1.18. The summed E-state index contributed by atoms with van der Waals surface area (Å²) in [6.45, 7) is 6.19. The number of anilines is 1. The second kappa shape index (κ2) is 9.03. The Hall–Kier alpha value is -1.91. The molecule has 9 heteroatoms. The molecular weight excluding hydrogens is 452 g/mol. The third kappa shape index (κ3) is 4.21. The Morgan fingerprint density at radius 2 is 2.09 bits per heavy atom. The van der Waals surface area contributed by atoms with Gasteiger partial charge in [0.1, 0.15) is 15.5 Å². The predicted molar refractivity (Wildman–Crippen MR) is 135 cm³/mol. The molecule has 3 aromatic heterocycles. The summed E-state index contributed by atoms with van der Waals surface area (Å²) in [6, 6.07) is 2.86. The monoisotopic (exact) mass is 482 g/mol.